The Morgan fingerprint density at radius 2 is 2.05 bits per heavy atom. The first-order valence-electron chi connectivity index (χ1n) is 6.39. The summed E-state index contributed by atoms with van der Waals surface area (Å²) in [6, 6.07) is 6.48. The minimum absolute atomic E-state index is 0.146. The first-order valence-corrected chi connectivity index (χ1v) is 6.39. The van der Waals surface area contributed by atoms with Crippen LogP contribution in [0.4, 0.5) is 0 Å². The van der Waals surface area contributed by atoms with Crippen LogP contribution in [0.25, 0.3) is 0 Å². The number of aryl methyl sites for hydroxylation is 1. The maximum atomic E-state index is 11.7. The molecule has 6 heteroatoms. The first-order chi connectivity index (χ1) is 9.54. The van der Waals surface area contributed by atoms with Gasteiger partial charge in [-0.2, -0.15) is 0 Å². The van der Waals surface area contributed by atoms with Gasteiger partial charge in [-0.3, -0.25) is 9.59 Å². The van der Waals surface area contributed by atoms with Gasteiger partial charge >= 0.3 is 5.97 Å². The lowest BCUT2D eigenvalue weighted by Gasteiger charge is -2.10. The number of carbonyl (C=O) groups is 3. The molecule has 1 heterocycles. The maximum Gasteiger partial charge on any atom is 0.330 e. The minimum atomic E-state index is -0.550. The summed E-state index contributed by atoms with van der Waals surface area (Å²) in [6.45, 7) is 1.71. The van der Waals surface area contributed by atoms with Crippen LogP contribution in [0.2, 0.25) is 0 Å². The molecule has 0 saturated carbocycles. The fraction of sp³-hybridized carbons (Fsp3) is 0.357. The predicted octanol–water partition coefficient (Wildman–Crippen LogP) is 0.295. The third kappa shape index (κ3) is 3.81. The van der Waals surface area contributed by atoms with E-state index in [0.717, 1.165) is 5.56 Å². The van der Waals surface area contributed by atoms with Crippen LogP contribution >= 0.6 is 0 Å². The molecule has 0 aliphatic carbocycles. The molecule has 1 saturated heterocycles. The summed E-state index contributed by atoms with van der Waals surface area (Å²) in [5, 5.41) is 4.98. The van der Waals surface area contributed by atoms with Crippen molar-refractivity contribution in [1.82, 2.24) is 10.6 Å². The van der Waals surface area contributed by atoms with Gasteiger partial charge in [-0.1, -0.05) is 17.7 Å². The quantitative estimate of drug-likeness (QED) is 0.611. The molecular formula is C14H16N2O4. The van der Waals surface area contributed by atoms with E-state index in [1.165, 1.54) is 0 Å². The van der Waals surface area contributed by atoms with E-state index >= 15 is 0 Å². The maximum absolute atomic E-state index is 11.7. The number of rotatable bonds is 4. The van der Waals surface area contributed by atoms with E-state index in [9.17, 15) is 14.4 Å². The van der Waals surface area contributed by atoms with E-state index in [1.807, 2.05) is 19.1 Å². The van der Waals surface area contributed by atoms with Crippen LogP contribution in [0.1, 0.15) is 18.4 Å². The van der Waals surface area contributed by atoms with Crippen LogP contribution in [0.5, 0.6) is 5.75 Å². The molecule has 106 valence electrons. The monoisotopic (exact) mass is 276 g/mol. The van der Waals surface area contributed by atoms with Crippen molar-refractivity contribution in [2.45, 2.75) is 25.8 Å². The van der Waals surface area contributed by atoms with Crippen molar-refractivity contribution in [2.75, 3.05) is 6.54 Å². The van der Waals surface area contributed by atoms with Crippen molar-refractivity contribution in [3.05, 3.63) is 29.8 Å². The van der Waals surface area contributed by atoms with Crippen molar-refractivity contribution in [1.29, 1.82) is 0 Å². The third-order valence-electron chi connectivity index (χ3n) is 2.97. The molecule has 2 N–H and O–H groups in total. The standard InChI is InChI=1S/C14H16N2O4/c1-9-2-4-10(5-3-9)20-13(18)8-15-14(19)11-6-7-12(17)16-11/h2-5,11H,6-8H2,1H3,(H,15,19)(H,16,17). The largest absolute Gasteiger partial charge is 0.425 e. The third-order valence-corrected chi connectivity index (χ3v) is 2.97. The highest BCUT2D eigenvalue weighted by molar-refractivity contribution is 5.92. The Kier molecular flexibility index (Phi) is 4.34. The van der Waals surface area contributed by atoms with Gasteiger partial charge in [0.05, 0.1) is 0 Å². The van der Waals surface area contributed by atoms with Crippen LogP contribution < -0.4 is 15.4 Å². The fourth-order valence-electron chi connectivity index (χ4n) is 1.87. The Morgan fingerprint density at radius 1 is 1.35 bits per heavy atom. The molecule has 0 bridgehead atoms. The van der Waals surface area contributed by atoms with E-state index in [1.54, 1.807) is 12.1 Å². The highest BCUT2D eigenvalue weighted by atomic mass is 16.5. The van der Waals surface area contributed by atoms with E-state index in [0.29, 0.717) is 18.6 Å². The Bertz CT molecular complexity index is 524. The normalized spacial score (nSPS) is 17.4. The molecule has 1 aromatic rings. The molecule has 2 rings (SSSR count). The summed E-state index contributed by atoms with van der Waals surface area (Å²) >= 11 is 0. The smallest absolute Gasteiger partial charge is 0.330 e. The second-order valence-electron chi connectivity index (χ2n) is 4.66. The lowest BCUT2D eigenvalue weighted by molar-refractivity contribution is -0.136. The van der Waals surface area contributed by atoms with Gasteiger partial charge in [0.2, 0.25) is 11.8 Å². The zero-order chi connectivity index (χ0) is 14.5. The van der Waals surface area contributed by atoms with Gasteiger partial charge in [0.15, 0.2) is 0 Å². The number of hydrogen-bond donors (Lipinski definition) is 2. The summed E-state index contributed by atoms with van der Waals surface area (Å²) in [5.41, 5.74) is 1.06. The van der Waals surface area contributed by atoms with Crippen LogP contribution in [-0.2, 0) is 14.4 Å². The van der Waals surface area contributed by atoms with Crippen molar-refractivity contribution in [3.63, 3.8) is 0 Å². The van der Waals surface area contributed by atoms with Crippen LogP contribution in [0.3, 0.4) is 0 Å². The molecule has 0 aromatic heterocycles. The van der Waals surface area contributed by atoms with Gasteiger partial charge < -0.3 is 15.4 Å². The SMILES string of the molecule is Cc1ccc(OC(=O)CNC(=O)C2CCC(=O)N2)cc1. The number of amides is 2. The molecule has 6 nitrogen and oxygen atoms in total. The van der Waals surface area contributed by atoms with E-state index in [-0.39, 0.29) is 18.4 Å². The predicted molar refractivity (Wildman–Crippen MR) is 71.0 cm³/mol. The summed E-state index contributed by atoms with van der Waals surface area (Å²) in [7, 11) is 0. The van der Waals surface area contributed by atoms with Crippen LogP contribution in [-0.4, -0.2) is 30.4 Å². The molecule has 1 aromatic carbocycles. The molecular weight excluding hydrogens is 260 g/mol. The Balaban J connectivity index is 1.76. The highest BCUT2D eigenvalue weighted by Crippen LogP contribution is 2.11. The fourth-order valence-corrected chi connectivity index (χ4v) is 1.87. The molecule has 0 spiro atoms. The van der Waals surface area contributed by atoms with E-state index in [4.69, 9.17) is 4.74 Å². The minimum Gasteiger partial charge on any atom is -0.425 e. The molecule has 0 radical (unpaired) electrons. The first kappa shape index (κ1) is 14.0. The second-order valence-corrected chi connectivity index (χ2v) is 4.66. The number of hydrogen-bond acceptors (Lipinski definition) is 4. The number of nitrogens with one attached hydrogen (secondary N) is 2. The second kappa shape index (κ2) is 6.18. The van der Waals surface area contributed by atoms with Crippen molar-refractivity contribution in [3.8, 4) is 5.75 Å². The molecule has 1 unspecified atom stereocenters. The van der Waals surface area contributed by atoms with Crippen LogP contribution in [0, 0.1) is 6.92 Å². The van der Waals surface area contributed by atoms with Crippen LogP contribution in [0.15, 0.2) is 24.3 Å². The lowest BCUT2D eigenvalue weighted by atomic mass is 10.2. The summed E-state index contributed by atoms with van der Waals surface area (Å²) in [5.74, 6) is -0.625. The van der Waals surface area contributed by atoms with Gasteiger partial charge in [-0.15, -0.1) is 0 Å². The van der Waals surface area contributed by atoms with E-state index in [2.05, 4.69) is 10.6 Å². The van der Waals surface area contributed by atoms with Gasteiger partial charge in [0.25, 0.3) is 0 Å². The Morgan fingerprint density at radius 3 is 2.65 bits per heavy atom. The molecule has 1 atom stereocenters. The van der Waals surface area contributed by atoms with Crippen molar-refractivity contribution in [2.24, 2.45) is 0 Å². The number of benzene rings is 1. The zero-order valence-corrected chi connectivity index (χ0v) is 11.1. The summed E-state index contributed by atoms with van der Waals surface area (Å²) in [6.07, 6.45) is 0.795. The molecule has 20 heavy (non-hydrogen) atoms. The number of carbonyl (C=O) groups excluding carboxylic acids is 3. The molecule has 2 amide bonds. The summed E-state index contributed by atoms with van der Waals surface area (Å²) < 4.78 is 5.06. The van der Waals surface area contributed by atoms with Crippen molar-refractivity contribution < 1.29 is 19.1 Å². The summed E-state index contributed by atoms with van der Waals surface area (Å²) in [4.78, 5) is 34.2. The molecule has 1 aliphatic heterocycles. The Hall–Kier alpha value is -2.37. The zero-order valence-electron chi connectivity index (χ0n) is 11.1. The van der Waals surface area contributed by atoms with Gasteiger partial charge in [-0.05, 0) is 25.5 Å². The van der Waals surface area contributed by atoms with Crippen molar-refractivity contribution >= 4 is 17.8 Å². The Labute approximate surface area is 116 Å². The molecule has 1 aliphatic rings. The average molecular weight is 276 g/mol. The number of ether oxygens (including phenoxy) is 1. The number of esters is 1. The lowest BCUT2D eigenvalue weighted by Crippen LogP contribution is -2.44. The van der Waals surface area contributed by atoms with E-state index < -0.39 is 12.0 Å². The van der Waals surface area contributed by atoms with Gasteiger partial charge in [0, 0.05) is 6.42 Å². The van der Waals surface area contributed by atoms with Gasteiger partial charge in [0.1, 0.15) is 18.3 Å². The highest BCUT2D eigenvalue weighted by Gasteiger charge is 2.27. The average Bonchev–Trinajstić information content (AvgIpc) is 2.85. The topological polar surface area (TPSA) is 84.5 Å². The van der Waals surface area contributed by atoms with Gasteiger partial charge in [-0.25, -0.2) is 4.79 Å². The molecule has 1 fully saturated rings.